The summed E-state index contributed by atoms with van der Waals surface area (Å²) in [4.78, 5) is 31.4. The van der Waals surface area contributed by atoms with E-state index in [-0.39, 0.29) is 11.8 Å². The Hall–Kier alpha value is -3.48. The van der Waals surface area contributed by atoms with E-state index in [0.717, 1.165) is 30.5 Å². The normalized spacial score (nSPS) is 14.4. The summed E-state index contributed by atoms with van der Waals surface area (Å²) in [5, 5.41) is 7.54. The predicted octanol–water partition coefficient (Wildman–Crippen LogP) is 2.84. The van der Waals surface area contributed by atoms with Gasteiger partial charge in [0.15, 0.2) is 0 Å². The van der Waals surface area contributed by atoms with Gasteiger partial charge in [-0.3, -0.25) is 19.3 Å². The average molecular weight is 418 g/mol. The summed E-state index contributed by atoms with van der Waals surface area (Å²) in [6, 6.07) is 15.3. The molecule has 1 N–H and O–H groups in total. The molecule has 7 nitrogen and oxygen atoms in total. The van der Waals surface area contributed by atoms with Crippen LogP contribution < -0.4 is 5.32 Å². The fraction of sp³-hybridized carbons (Fsp3) is 0.333. The summed E-state index contributed by atoms with van der Waals surface area (Å²) in [5.74, 6) is 0.274. The number of nitrogens with one attached hydrogen (secondary N) is 1. The first-order valence-electron chi connectivity index (χ1n) is 10.6. The molecular weight excluding hydrogens is 390 g/mol. The second kappa shape index (κ2) is 9.55. The lowest BCUT2D eigenvalue weighted by Crippen LogP contribution is -2.39. The van der Waals surface area contributed by atoms with Crippen LogP contribution in [0.1, 0.15) is 44.9 Å². The largest absolute Gasteiger partial charge is 0.348 e. The van der Waals surface area contributed by atoms with E-state index < -0.39 is 0 Å². The number of aryl methyl sites for hydroxylation is 1. The van der Waals surface area contributed by atoms with Gasteiger partial charge in [-0.25, -0.2) is 0 Å². The number of hydrogen-bond donors (Lipinski definition) is 1. The van der Waals surface area contributed by atoms with Crippen LogP contribution in [0.3, 0.4) is 0 Å². The number of pyridine rings is 1. The summed E-state index contributed by atoms with van der Waals surface area (Å²) < 4.78 is 1.70. The SMILES string of the molecule is Cn1cc(C(=O)NCc2ccccc2)c(CC2CCN(C(=O)c3ccccn3)CC2)n1. The fourth-order valence-corrected chi connectivity index (χ4v) is 4.01. The second-order valence-electron chi connectivity index (χ2n) is 7.99. The van der Waals surface area contributed by atoms with Crippen LogP contribution in [0, 0.1) is 5.92 Å². The van der Waals surface area contributed by atoms with Crippen LogP contribution in [0.2, 0.25) is 0 Å². The number of carbonyl (C=O) groups is 2. The first-order chi connectivity index (χ1) is 15.1. The van der Waals surface area contributed by atoms with Gasteiger partial charge in [-0.2, -0.15) is 5.10 Å². The highest BCUT2D eigenvalue weighted by molar-refractivity contribution is 5.95. The molecular formula is C24H27N5O2. The van der Waals surface area contributed by atoms with Gasteiger partial charge in [-0.1, -0.05) is 36.4 Å². The maximum absolute atomic E-state index is 12.8. The molecule has 3 aromatic rings. The molecule has 0 bridgehead atoms. The molecule has 0 aliphatic carbocycles. The lowest BCUT2D eigenvalue weighted by Gasteiger charge is -2.31. The van der Waals surface area contributed by atoms with Crippen molar-refractivity contribution in [3.05, 3.63) is 83.4 Å². The molecule has 1 aromatic carbocycles. The van der Waals surface area contributed by atoms with Crippen molar-refractivity contribution in [1.82, 2.24) is 25.0 Å². The Morgan fingerprint density at radius 1 is 1.06 bits per heavy atom. The summed E-state index contributed by atoms with van der Waals surface area (Å²) in [7, 11) is 1.84. The first-order valence-corrected chi connectivity index (χ1v) is 10.6. The minimum atomic E-state index is -0.102. The number of hydrogen-bond acceptors (Lipinski definition) is 4. The molecule has 1 fully saturated rings. The van der Waals surface area contributed by atoms with Crippen molar-refractivity contribution in [2.24, 2.45) is 13.0 Å². The molecule has 0 radical (unpaired) electrons. The van der Waals surface area contributed by atoms with Crippen LogP contribution in [0.4, 0.5) is 0 Å². The van der Waals surface area contributed by atoms with Crippen molar-refractivity contribution < 1.29 is 9.59 Å². The number of aromatic nitrogens is 3. The van der Waals surface area contributed by atoms with E-state index in [2.05, 4.69) is 15.4 Å². The fourth-order valence-electron chi connectivity index (χ4n) is 4.01. The van der Waals surface area contributed by atoms with E-state index in [9.17, 15) is 9.59 Å². The van der Waals surface area contributed by atoms with Crippen molar-refractivity contribution in [1.29, 1.82) is 0 Å². The maximum Gasteiger partial charge on any atom is 0.272 e. The third-order valence-electron chi connectivity index (χ3n) is 5.71. The van der Waals surface area contributed by atoms with Gasteiger partial charge in [0.05, 0.1) is 11.3 Å². The van der Waals surface area contributed by atoms with Gasteiger partial charge in [0, 0.05) is 39.1 Å². The van der Waals surface area contributed by atoms with Gasteiger partial charge >= 0.3 is 0 Å². The molecule has 2 amide bonds. The van der Waals surface area contributed by atoms with E-state index in [1.54, 1.807) is 23.1 Å². The van der Waals surface area contributed by atoms with Gasteiger partial charge in [0.1, 0.15) is 5.69 Å². The van der Waals surface area contributed by atoms with Crippen molar-refractivity contribution in [2.75, 3.05) is 13.1 Å². The highest BCUT2D eigenvalue weighted by Crippen LogP contribution is 2.23. The molecule has 0 unspecified atom stereocenters. The Morgan fingerprint density at radius 2 is 1.81 bits per heavy atom. The van der Waals surface area contributed by atoms with Crippen LogP contribution in [-0.4, -0.2) is 44.6 Å². The molecule has 7 heteroatoms. The topological polar surface area (TPSA) is 80.1 Å². The zero-order valence-electron chi connectivity index (χ0n) is 17.7. The van der Waals surface area contributed by atoms with E-state index in [4.69, 9.17) is 0 Å². The lowest BCUT2D eigenvalue weighted by molar-refractivity contribution is 0.0684. The molecule has 0 spiro atoms. The van der Waals surface area contributed by atoms with Crippen LogP contribution in [0.15, 0.2) is 60.9 Å². The standard InChI is InChI=1S/C24H27N5O2/c1-28-17-20(23(30)26-16-19-7-3-2-4-8-19)22(27-28)15-18-10-13-29(14-11-18)24(31)21-9-5-6-12-25-21/h2-9,12,17-18H,10-11,13-16H2,1H3,(H,26,30). The summed E-state index contributed by atoms with van der Waals surface area (Å²) >= 11 is 0. The average Bonchev–Trinajstić information content (AvgIpc) is 3.18. The monoisotopic (exact) mass is 417 g/mol. The summed E-state index contributed by atoms with van der Waals surface area (Å²) in [6.45, 7) is 1.88. The number of piperidine rings is 1. The van der Waals surface area contributed by atoms with Gasteiger partial charge in [-0.15, -0.1) is 0 Å². The zero-order chi connectivity index (χ0) is 21.6. The quantitative estimate of drug-likeness (QED) is 0.669. The summed E-state index contributed by atoms with van der Waals surface area (Å²) in [6.07, 6.45) is 5.95. The van der Waals surface area contributed by atoms with Gasteiger partial charge < -0.3 is 10.2 Å². The number of nitrogens with zero attached hydrogens (tertiary/aromatic N) is 4. The summed E-state index contributed by atoms with van der Waals surface area (Å²) in [5.41, 5.74) is 3.00. The molecule has 0 saturated carbocycles. The first kappa shape index (κ1) is 20.8. The van der Waals surface area contributed by atoms with E-state index in [1.165, 1.54) is 0 Å². The Balaban J connectivity index is 1.34. The van der Waals surface area contributed by atoms with Gasteiger partial charge in [-0.05, 0) is 42.9 Å². The molecule has 4 rings (SSSR count). The third-order valence-corrected chi connectivity index (χ3v) is 5.71. The van der Waals surface area contributed by atoms with Crippen molar-refractivity contribution in [2.45, 2.75) is 25.8 Å². The third kappa shape index (κ3) is 5.17. The van der Waals surface area contributed by atoms with Gasteiger partial charge in [0.2, 0.25) is 0 Å². The van der Waals surface area contributed by atoms with E-state index >= 15 is 0 Å². The smallest absolute Gasteiger partial charge is 0.272 e. The van der Waals surface area contributed by atoms with Crippen molar-refractivity contribution >= 4 is 11.8 Å². The van der Waals surface area contributed by atoms with Crippen LogP contribution in [-0.2, 0) is 20.0 Å². The molecule has 160 valence electrons. The van der Waals surface area contributed by atoms with Crippen molar-refractivity contribution in [3.63, 3.8) is 0 Å². The molecule has 3 heterocycles. The number of amides is 2. The number of benzene rings is 1. The minimum Gasteiger partial charge on any atom is -0.348 e. The predicted molar refractivity (Wildman–Crippen MR) is 117 cm³/mol. The Kier molecular flexibility index (Phi) is 6.40. The number of carbonyl (C=O) groups excluding carboxylic acids is 2. The Labute approximate surface area is 182 Å². The maximum atomic E-state index is 12.8. The second-order valence-corrected chi connectivity index (χ2v) is 7.99. The van der Waals surface area contributed by atoms with Gasteiger partial charge in [0.25, 0.3) is 11.8 Å². The van der Waals surface area contributed by atoms with E-state index in [0.29, 0.717) is 36.8 Å². The minimum absolute atomic E-state index is 0.0159. The Bertz CT molecular complexity index is 1020. The van der Waals surface area contributed by atoms with Crippen molar-refractivity contribution in [3.8, 4) is 0 Å². The molecule has 1 saturated heterocycles. The molecule has 31 heavy (non-hydrogen) atoms. The molecule has 2 aromatic heterocycles. The molecule has 1 aliphatic heterocycles. The molecule has 0 atom stereocenters. The highest BCUT2D eigenvalue weighted by atomic mass is 16.2. The zero-order valence-corrected chi connectivity index (χ0v) is 17.7. The van der Waals surface area contributed by atoms with Crippen LogP contribution in [0.25, 0.3) is 0 Å². The number of rotatable bonds is 6. The lowest BCUT2D eigenvalue weighted by atomic mass is 9.91. The Morgan fingerprint density at radius 3 is 2.52 bits per heavy atom. The van der Waals surface area contributed by atoms with Crippen LogP contribution in [0.5, 0.6) is 0 Å². The number of likely N-dealkylation sites (tertiary alicyclic amines) is 1. The highest BCUT2D eigenvalue weighted by Gasteiger charge is 2.26. The van der Waals surface area contributed by atoms with E-state index in [1.807, 2.05) is 54.4 Å². The van der Waals surface area contributed by atoms with Crippen LogP contribution >= 0.6 is 0 Å². The molecule has 1 aliphatic rings.